The number of ether oxygens (including phenoxy) is 1. The van der Waals surface area contributed by atoms with Gasteiger partial charge in [0.05, 0.1) is 17.8 Å². The van der Waals surface area contributed by atoms with Crippen molar-refractivity contribution in [2.24, 2.45) is 0 Å². The summed E-state index contributed by atoms with van der Waals surface area (Å²) >= 11 is 6.18. The Bertz CT molecular complexity index is 661. The van der Waals surface area contributed by atoms with E-state index in [9.17, 15) is 4.79 Å². The summed E-state index contributed by atoms with van der Waals surface area (Å²) in [7, 11) is 1.64. The maximum absolute atomic E-state index is 12.0. The monoisotopic (exact) mass is 332 g/mol. The van der Waals surface area contributed by atoms with Crippen molar-refractivity contribution in [2.75, 3.05) is 19.0 Å². The lowest BCUT2D eigenvalue weighted by Gasteiger charge is -2.12. The minimum Gasteiger partial charge on any atom is -0.497 e. The maximum Gasteiger partial charge on any atom is 0.319 e. The van der Waals surface area contributed by atoms with Gasteiger partial charge in [0, 0.05) is 6.54 Å². The zero-order valence-corrected chi connectivity index (χ0v) is 14.3. The van der Waals surface area contributed by atoms with Crippen LogP contribution in [0, 0.1) is 13.8 Å². The van der Waals surface area contributed by atoms with Gasteiger partial charge in [-0.2, -0.15) is 0 Å². The molecule has 4 nitrogen and oxygen atoms in total. The van der Waals surface area contributed by atoms with Crippen molar-refractivity contribution >= 4 is 23.3 Å². The number of hydrogen-bond acceptors (Lipinski definition) is 2. The average Bonchev–Trinajstić information content (AvgIpc) is 2.51. The summed E-state index contributed by atoms with van der Waals surface area (Å²) in [5.74, 6) is 0.823. The van der Waals surface area contributed by atoms with Gasteiger partial charge in [-0.25, -0.2) is 4.79 Å². The van der Waals surface area contributed by atoms with Gasteiger partial charge in [-0.1, -0.05) is 29.8 Å². The molecular formula is C18H21ClN2O2. The summed E-state index contributed by atoms with van der Waals surface area (Å²) in [6, 6.07) is 11.3. The number of hydrogen-bond donors (Lipinski definition) is 2. The van der Waals surface area contributed by atoms with Crippen molar-refractivity contribution in [3.8, 4) is 5.75 Å². The van der Waals surface area contributed by atoms with E-state index in [1.807, 2.05) is 50.2 Å². The zero-order chi connectivity index (χ0) is 16.8. The Labute approximate surface area is 141 Å². The van der Waals surface area contributed by atoms with Gasteiger partial charge in [-0.05, 0) is 55.2 Å². The van der Waals surface area contributed by atoms with E-state index in [0.717, 1.165) is 28.9 Å². The van der Waals surface area contributed by atoms with Gasteiger partial charge in [-0.15, -0.1) is 0 Å². The van der Waals surface area contributed by atoms with Crippen LogP contribution in [0.15, 0.2) is 36.4 Å². The third kappa shape index (κ3) is 4.89. The van der Waals surface area contributed by atoms with Crippen molar-refractivity contribution in [3.63, 3.8) is 0 Å². The smallest absolute Gasteiger partial charge is 0.319 e. The minimum absolute atomic E-state index is 0.257. The summed E-state index contributed by atoms with van der Waals surface area (Å²) in [5, 5.41) is 6.19. The van der Waals surface area contributed by atoms with Crippen LogP contribution >= 0.6 is 11.6 Å². The fraction of sp³-hybridized carbons (Fsp3) is 0.278. The van der Waals surface area contributed by atoms with Gasteiger partial charge in [0.1, 0.15) is 5.75 Å². The summed E-state index contributed by atoms with van der Waals surface area (Å²) < 4.78 is 5.12. The fourth-order valence-electron chi connectivity index (χ4n) is 2.34. The molecule has 2 amide bonds. The Hall–Kier alpha value is -2.20. The molecule has 0 aromatic heterocycles. The molecule has 0 saturated heterocycles. The number of rotatable bonds is 5. The van der Waals surface area contributed by atoms with Gasteiger partial charge < -0.3 is 15.4 Å². The topological polar surface area (TPSA) is 50.4 Å². The standard InChI is InChI=1S/C18H21ClN2O2/c1-12-10-13(2)17(16(19)11-12)21-18(22)20-9-8-14-4-6-15(23-3)7-5-14/h4-7,10-11H,8-9H2,1-3H3,(H2,20,21,22). The van der Waals surface area contributed by atoms with Crippen LogP contribution in [0.4, 0.5) is 10.5 Å². The molecule has 0 spiro atoms. The number of anilines is 1. The molecular weight excluding hydrogens is 312 g/mol. The molecule has 0 aliphatic rings. The quantitative estimate of drug-likeness (QED) is 0.856. The van der Waals surface area contributed by atoms with E-state index in [0.29, 0.717) is 17.3 Å². The van der Waals surface area contributed by atoms with E-state index in [4.69, 9.17) is 16.3 Å². The number of methoxy groups -OCH3 is 1. The number of nitrogens with one attached hydrogen (secondary N) is 2. The van der Waals surface area contributed by atoms with E-state index in [1.165, 1.54) is 0 Å². The number of amides is 2. The van der Waals surface area contributed by atoms with Gasteiger partial charge in [0.2, 0.25) is 0 Å². The van der Waals surface area contributed by atoms with Crippen molar-refractivity contribution in [1.82, 2.24) is 5.32 Å². The molecule has 2 aromatic carbocycles. The van der Waals surface area contributed by atoms with Gasteiger partial charge in [0.15, 0.2) is 0 Å². The average molecular weight is 333 g/mol. The second-order valence-corrected chi connectivity index (χ2v) is 5.82. The Kier molecular flexibility index (Phi) is 5.88. The number of benzene rings is 2. The highest BCUT2D eigenvalue weighted by Gasteiger charge is 2.09. The highest BCUT2D eigenvalue weighted by molar-refractivity contribution is 6.34. The van der Waals surface area contributed by atoms with Gasteiger partial charge >= 0.3 is 6.03 Å². The number of carbonyl (C=O) groups excluding carboxylic acids is 1. The molecule has 0 bridgehead atoms. The summed E-state index contributed by atoms with van der Waals surface area (Å²) in [4.78, 5) is 12.0. The largest absolute Gasteiger partial charge is 0.497 e. The first-order valence-corrected chi connectivity index (χ1v) is 7.82. The second-order valence-electron chi connectivity index (χ2n) is 5.42. The molecule has 122 valence electrons. The predicted molar refractivity (Wildman–Crippen MR) is 94.6 cm³/mol. The first kappa shape index (κ1) is 17.2. The second kappa shape index (κ2) is 7.88. The van der Waals surface area contributed by atoms with E-state index in [-0.39, 0.29) is 6.03 Å². The molecule has 2 rings (SSSR count). The maximum atomic E-state index is 12.0. The highest BCUT2D eigenvalue weighted by Crippen LogP contribution is 2.27. The molecule has 0 atom stereocenters. The molecule has 0 radical (unpaired) electrons. The lowest BCUT2D eigenvalue weighted by Crippen LogP contribution is -2.30. The van der Waals surface area contributed by atoms with Crippen LogP contribution in [0.2, 0.25) is 5.02 Å². The van der Waals surface area contributed by atoms with Crippen LogP contribution in [0.25, 0.3) is 0 Å². The number of halogens is 1. The molecule has 5 heteroatoms. The van der Waals surface area contributed by atoms with Crippen molar-refractivity contribution < 1.29 is 9.53 Å². The molecule has 0 fully saturated rings. The summed E-state index contributed by atoms with van der Waals surface area (Å²) in [5.41, 5.74) is 3.80. The zero-order valence-electron chi connectivity index (χ0n) is 13.6. The van der Waals surface area contributed by atoms with Crippen molar-refractivity contribution in [1.29, 1.82) is 0 Å². The number of urea groups is 1. The molecule has 0 saturated carbocycles. The SMILES string of the molecule is COc1ccc(CCNC(=O)Nc2c(C)cc(C)cc2Cl)cc1. The lowest BCUT2D eigenvalue weighted by molar-refractivity contribution is 0.252. The third-order valence-corrected chi connectivity index (χ3v) is 3.83. The Morgan fingerprint density at radius 2 is 1.87 bits per heavy atom. The van der Waals surface area contributed by atoms with Gasteiger partial charge in [-0.3, -0.25) is 0 Å². The summed E-state index contributed by atoms with van der Waals surface area (Å²) in [6.07, 6.45) is 0.748. The Morgan fingerprint density at radius 1 is 1.17 bits per heavy atom. The van der Waals surface area contributed by atoms with E-state index in [2.05, 4.69) is 10.6 Å². The summed E-state index contributed by atoms with van der Waals surface area (Å²) in [6.45, 7) is 4.43. The van der Waals surface area contributed by atoms with Crippen LogP contribution in [0.3, 0.4) is 0 Å². The minimum atomic E-state index is -0.257. The highest BCUT2D eigenvalue weighted by atomic mass is 35.5. The Morgan fingerprint density at radius 3 is 2.48 bits per heavy atom. The molecule has 23 heavy (non-hydrogen) atoms. The normalized spacial score (nSPS) is 10.3. The molecule has 2 aromatic rings. The van der Waals surface area contributed by atoms with Crippen molar-refractivity contribution in [3.05, 3.63) is 58.1 Å². The van der Waals surface area contributed by atoms with E-state index in [1.54, 1.807) is 7.11 Å². The molecule has 0 heterocycles. The molecule has 0 aliphatic heterocycles. The lowest BCUT2D eigenvalue weighted by atomic mass is 10.1. The van der Waals surface area contributed by atoms with Gasteiger partial charge in [0.25, 0.3) is 0 Å². The molecule has 0 unspecified atom stereocenters. The van der Waals surface area contributed by atoms with Crippen LogP contribution in [0.1, 0.15) is 16.7 Å². The van der Waals surface area contributed by atoms with Crippen LogP contribution < -0.4 is 15.4 Å². The fourth-order valence-corrected chi connectivity index (χ4v) is 2.71. The first-order valence-electron chi connectivity index (χ1n) is 7.44. The predicted octanol–water partition coefficient (Wildman–Crippen LogP) is 4.33. The first-order chi connectivity index (χ1) is 11.0. The molecule has 0 aliphatic carbocycles. The van der Waals surface area contributed by atoms with Crippen LogP contribution in [0.5, 0.6) is 5.75 Å². The molecule has 2 N–H and O–H groups in total. The third-order valence-electron chi connectivity index (χ3n) is 3.53. The number of carbonyl (C=O) groups is 1. The van der Waals surface area contributed by atoms with Crippen LogP contribution in [-0.4, -0.2) is 19.7 Å². The van der Waals surface area contributed by atoms with E-state index >= 15 is 0 Å². The van der Waals surface area contributed by atoms with E-state index < -0.39 is 0 Å². The Balaban J connectivity index is 1.85. The van der Waals surface area contributed by atoms with Crippen molar-refractivity contribution in [2.45, 2.75) is 20.3 Å². The number of aryl methyl sites for hydroxylation is 2. The van der Waals surface area contributed by atoms with Crippen LogP contribution in [-0.2, 0) is 6.42 Å².